The van der Waals surface area contributed by atoms with Gasteiger partial charge in [-0.25, -0.2) is 0 Å². The minimum Gasteiger partial charge on any atom is -0.548 e. The Hall–Kier alpha value is -5.38. The first-order chi connectivity index (χ1) is 18.2. The molecule has 0 aromatic heterocycles. The molecule has 5 aromatic carbocycles. The Bertz CT molecular complexity index is 1760. The van der Waals surface area contributed by atoms with Crippen LogP contribution in [0.3, 0.4) is 0 Å². The number of carboxylic acid groups (broad SMARTS) is 2. The summed E-state index contributed by atoms with van der Waals surface area (Å²) in [6.07, 6.45) is 0. The lowest BCUT2D eigenvalue weighted by Gasteiger charge is -2.30. The van der Waals surface area contributed by atoms with Gasteiger partial charge in [-0.3, -0.25) is 29.0 Å². The minimum atomic E-state index is -1.56. The van der Waals surface area contributed by atoms with Gasteiger partial charge in [-0.2, -0.15) is 0 Å². The quantitative estimate of drug-likeness (QED) is 0.194. The van der Waals surface area contributed by atoms with Crippen molar-refractivity contribution in [1.29, 1.82) is 0 Å². The van der Waals surface area contributed by atoms with Crippen molar-refractivity contribution in [2.75, 3.05) is 13.1 Å². The third kappa shape index (κ3) is 2.55. The lowest BCUT2D eigenvalue weighted by Crippen LogP contribution is -2.47. The molecule has 0 fully saturated rings. The Labute approximate surface area is 211 Å². The second-order valence-electron chi connectivity index (χ2n) is 9.28. The number of fused-ring (bicyclic) bond motifs is 2. The van der Waals surface area contributed by atoms with Crippen LogP contribution in [0.25, 0.3) is 43.1 Å². The van der Waals surface area contributed by atoms with Crippen molar-refractivity contribution in [1.82, 2.24) is 9.80 Å². The fourth-order valence-corrected chi connectivity index (χ4v) is 5.91. The zero-order chi connectivity index (χ0) is 26.6. The third-order valence-electron chi connectivity index (χ3n) is 7.38. The van der Waals surface area contributed by atoms with Gasteiger partial charge in [-0.05, 0) is 56.6 Å². The molecule has 2 aliphatic rings. The van der Waals surface area contributed by atoms with Gasteiger partial charge in [0.25, 0.3) is 23.6 Å². The summed E-state index contributed by atoms with van der Waals surface area (Å²) in [4.78, 5) is 76.1. The van der Waals surface area contributed by atoms with Gasteiger partial charge in [0, 0.05) is 33.0 Å². The van der Waals surface area contributed by atoms with Crippen LogP contribution in [0.4, 0.5) is 0 Å². The maximum atomic E-state index is 13.1. The van der Waals surface area contributed by atoms with E-state index >= 15 is 0 Å². The van der Waals surface area contributed by atoms with E-state index in [1.807, 2.05) is 0 Å². The van der Waals surface area contributed by atoms with E-state index in [-0.39, 0.29) is 22.3 Å². The third-order valence-corrected chi connectivity index (χ3v) is 7.38. The van der Waals surface area contributed by atoms with Gasteiger partial charge in [0.1, 0.15) is 0 Å². The molecule has 4 amide bonds. The summed E-state index contributed by atoms with van der Waals surface area (Å²) in [5.74, 6) is -6.08. The van der Waals surface area contributed by atoms with Crippen molar-refractivity contribution in [2.24, 2.45) is 0 Å². The number of carbonyl (C=O) groups excluding carboxylic acids is 6. The Balaban J connectivity index is 1.58. The van der Waals surface area contributed by atoms with E-state index in [9.17, 15) is 39.0 Å². The molecule has 0 unspecified atom stereocenters. The number of hydrogen-bond acceptors (Lipinski definition) is 8. The molecule has 0 aliphatic carbocycles. The Morgan fingerprint density at radius 2 is 0.737 bits per heavy atom. The van der Waals surface area contributed by atoms with E-state index < -0.39 is 48.7 Å². The first kappa shape index (κ1) is 21.9. The molecule has 2 aliphatic heterocycles. The molecule has 0 bridgehead atoms. The molecule has 0 saturated carbocycles. The highest BCUT2D eigenvalue weighted by atomic mass is 16.4. The van der Waals surface area contributed by atoms with Gasteiger partial charge >= 0.3 is 0 Å². The summed E-state index contributed by atoms with van der Waals surface area (Å²) in [6, 6.07) is 12.9. The number of imide groups is 2. The Morgan fingerprint density at radius 3 is 0.974 bits per heavy atom. The summed E-state index contributed by atoms with van der Waals surface area (Å²) in [5, 5.41) is 27.1. The average molecular weight is 504 g/mol. The second kappa shape index (κ2) is 7.10. The molecule has 0 spiro atoms. The van der Waals surface area contributed by atoms with Crippen LogP contribution < -0.4 is 10.2 Å². The largest absolute Gasteiger partial charge is 0.548 e. The number of amides is 4. The SMILES string of the molecule is O=C([O-])CN1C(=O)c2ccc3c4ccc5c6c(ccc(c7ccc(c2c37)C1=O)c64)C(=O)N(CC(=O)[O-])C5=O. The number of benzene rings is 5. The monoisotopic (exact) mass is 504 g/mol. The van der Waals surface area contributed by atoms with Crippen LogP contribution in [0.1, 0.15) is 41.4 Å². The molecule has 0 atom stereocenters. The fraction of sp³-hybridized carbons (Fsp3) is 0.0714. The Kier molecular flexibility index (Phi) is 4.09. The normalized spacial score (nSPS) is 15.1. The van der Waals surface area contributed by atoms with Gasteiger partial charge in [0.2, 0.25) is 0 Å². The maximum Gasteiger partial charge on any atom is 0.261 e. The van der Waals surface area contributed by atoms with Crippen LogP contribution in [0.2, 0.25) is 0 Å². The lowest BCUT2D eigenvalue weighted by atomic mass is 9.82. The van der Waals surface area contributed by atoms with Gasteiger partial charge in [-0.15, -0.1) is 0 Å². The van der Waals surface area contributed by atoms with E-state index in [0.29, 0.717) is 52.9 Å². The summed E-state index contributed by atoms with van der Waals surface area (Å²) >= 11 is 0. The first-order valence-electron chi connectivity index (χ1n) is 11.5. The summed E-state index contributed by atoms with van der Waals surface area (Å²) in [7, 11) is 0. The van der Waals surface area contributed by atoms with Gasteiger partial charge < -0.3 is 19.8 Å². The number of nitrogens with zero attached hydrogens (tertiary/aromatic N) is 2. The van der Waals surface area contributed by atoms with E-state index in [2.05, 4.69) is 0 Å². The smallest absolute Gasteiger partial charge is 0.261 e. The van der Waals surface area contributed by atoms with Crippen molar-refractivity contribution in [2.45, 2.75) is 0 Å². The topological polar surface area (TPSA) is 155 Å². The Morgan fingerprint density at radius 1 is 0.474 bits per heavy atom. The minimum absolute atomic E-state index is 0.179. The molecule has 2 heterocycles. The predicted octanol–water partition coefficient (Wildman–Crippen LogP) is 0.429. The molecule has 5 aromatic rings. The van der Waals surface area contributed by atoms with Crippen molar-refractivity contribution < 1.29 is 39.0 Å². The number of carboxylic acids is 2. The molecule has 0 N–H and O–H groups in total. The van der Waals surface area contributed by atoms with Crippen LogP contribution in [-0.2, 0) is 9.59 Å². The number of rotatable bonds is 4. The highest BCUT2D eigenvalue weighted by molar-refractivity contribution is 6.41. The van der Waals surface area contributed by atoms with E-state index in [1.54, 1.807) is 24.3 Å². The predicted molar refractivity (Wildman–Crippen MR) is 128 cm³/mol. The van der Waals surface area contributed by atoms with Gasteiger partial charge in [0.05, 0.1) is 25.0 Å². The zero-order valence-corrected chi connectivity index (χ0v) is 19.2. The van der Waals surface area contributed by atoms with Crippen LogP contribution in [0.5, 0.6) is 0 Å². The molecule has 184 valence electrons. The van der Waals surface area contributed by atoms with Crippen molar-refractivity contribution in [3.63, 3.8) is 0 Å². The highest BCUT2D eigenvalue weighted by Crippen LogP contribution is 2.46. The molecule has 0 radical (unpaired) electrons. The van der Waals surface area contributed by atoms with Crippen molar-refractivity contribution >= 4 is 78.7 Å². The van der Waals surface area contributed by atoms with Crippen LogP contribution >= 0.6 is 0 Å². The summed E-state index contributed by atoms with van der Waals surface area (Å²) in [5.41, 5.74) is 0.718. The standard InChI is InChI=1S/C28H14N2O8/c31-19(32)9-29-25(35)15-5-1-11-12-2-6-17-24-18(28(38)30(27(17)37)10-20(33)34)8-4-14(22(12)24)13-3-7-16(26(29)36)23(15)21(11)13/h1-8H,9-10H2,(H,31,32)(H,33,34)/p-2. The van der Waals surface area contributed by atoms with Crippen molar-refractivity contribution in [3.05, 3.63) is 70.8 Å². The molecule has 0 saturated heterocycles. The summed E-state index contributed by atoms with van der Waals surface area (Å²) < 4.78 is 0. The average Bonchev–Trinajstić information content (AvgIpc) is 2.89. The number of aliphatic carboxylic acids is 2. The van der Waals surface area contributed by atoms with E-state index in [1.165, 1.54) is 24.3 Å². The molecule has 10 nitrogen and oxygen atoms in total. The number of carbonyl (C=O) groups is 6. The van der Waals surface area contributed by atoms with E-state index in [0.717, 1.165) is 0 Å². The van der Waals surface area contributed by atoms with Crippen LogP contribution in [-0.4, -0.2) is 58.5 Å². The highest BCUT2D eigenvalue weighted by Gasteiger charge is 2.36. The second-order valence-corrected chi connectivity index (χ2v) is 9.28. The molecular formula is C28H12N2O8-2. The first-order valence-corrected chi connectivity index (χ1v) is 11.5. The lowest BCUT2D eigenvalue weighted by molar-refractivity contribution is -0.306. The van der Waals surface area contributed by atoms with Crippen LogP contribution in [0.15, 0.2) is 48.5 Å². The fourth-order valence-electron chi connectivity index (χ4n) is 5.91. The molecule has 38 heavy (non-hydrogen) atoms. The van der Waals surface area contributed by atoms with Crippen LogP contribution in [0, 0.1) is 0 Å². The van der Waals surface area contributed by atoms with E-state index in [4.69, 9.17) is 0 Å². The van der Waals surface area contributed by atoms with Gasteiger partial charge in [-0.1, -0.05) is 24.3 Å². The summed E-state index contributed by atoms with van der Waals surface area (Å²) in [6.45, 7) is -1.74. The molecule has 7 rings (SSSR count). The molecule has 10 heteroatoms. The maximum absolute atomic E-state index is 13.1. The number of hydrogen-bond donors (Lipinski definition) is 0. The van der Waals surface area contributed by atoms with Crippen molar-refractivity contribution in [3.8, 4) is 0 Å². The zero-order valence-electron chi connectivity index (χ0n) is 19.2. The van der Waals surface area contributed by atoms with Gasteiger partial charge in [0.15, 0.2) is 0 Å². The molecular weight excluding hydrogens is 492 g/mol.